The summed E-state index contributed by atoms with van der Waals surface area (Å²) in [5.41, 5.74) is 0.349. The number of halogens is 2. The van der Waals surface area contributed by atoms with Gasteiger partial charge in [0.25, 0.3) is 0 Å². The molecule has 6 nitrogen and oxygen atoms in total. The summed E-state index contributed by atoms with van der Waals surface area (Å²) in [6.45, 7) is 0.627. The van der Waals surface area contributed by atoms with Crippen LogP contribution in [0.2, 0.25) is 0 Å². The van der Waals surface area contributed by atoms with Crippen molar-refractivity contribution in [2.75, 3.05) is 32.1 Å². The van der Waals surface area contributed by atoms with Crippen molar-refractivity contribution >= 4 is 11.7 Å². The van der Waals surface area contributed by atoms with Gasteiger partial charge in [-0.2, -0.15) is 8.78 Å². The number of anilines is 1. The van der Waals surface area contributed by atoms with Crippen molar-refractivity contribution in [2.45, 2.75) is 32.5 Å². The number of amides is 2. The maximum Gasteiger partial charge on any atom is 0.387 e. The average Bonchev–Trinajstić information content (AvgIpc) is 3.05. The van der Waals surface area contributed by atoms with Gasteiger partial charge in [-0.25, -0.2) is 4.79 Å². The van der Waals surface area contributed by atoms with E-state index in [0.29, 0.717) is 18.8 Å². The predicted molar refractivity (Wildman–Crippen MR) is 84.9 cm³/mol. The van der Waals surface area contributed by atoms with E-state index in [1.807, 2.05) is 6.92 Å². The maximum atomic E-state index is 12.5. The number of nitrogens with zero attached hydrogens (tertiary/aromatic N) is 1. The number of hydrogen-bond acceptors (Lipinski definition) is 4. The molecule has 1 saturated heterocycles. The molecule has 1 heterocycles. The summed E-state index contributed by atoms with van der Waals surface area (Å²) in [5.74, 6) is 0.0347. The monoisotopic (exact) mass is 344 g/mol. The van der Waals surface area contributed by atoms with E-state index in [1.165, 1.54) is 19.2 Å². The first-order valence-corrected chi connectivity index (χ1v) is 7.83. The largest absolute Gasteiger partial charge is 0.493 e. The Morgan fingerprint density at radius 1 is 1.46 bits per heavy atom. The summed E-state index contributed by atoms with van der Waals surface area (Å²) in [5, 5.41) is 2.68. The van der Waals surface area contributed by atoms with E-state index in [4.69, 9.17) is 9.47 Å². The second-order valence-corrected chi connectivity index (χ2v) is 5.35. The molecule has 1 aromatic carbocycles. The molecule has 0 bridgehead atoms. The van der Waals surface area contributed by atoms with Gasteiger partial charge in [0.15, 0.2) is 11.5 Å². The number of alkyl halides is 2. The number of hydrogen-bond donors (Lipinski definition) is 1. The van der Waals surface area contributed by atoms with Crippen LogP contribution in [0.4, 0.5) is 19.3 Å². The van der Waals surface area contributed by atoms with Crippen molar-refractivity contribution in [3.63, 3.8) is 0 Å². The first kappa shape index (κ1) is 18.3. The van der Waals surface area contributed by atoms with Crippen LogP contribution in [-0.4, -0.2) is 50.5 Å². The Labute approximate surface area is 139 Å². The Bertz CT molecular complexity index is 551. The number of benzene rings is 1. The molecule has 24 heavy (non-hydrogen) atoms. The molecule has 134 valence electrons. The third-order valence-corrected chi connectivity index (χ3v) is 3.75. The fourth-order valence-electron chi connectivity index (χ4n) is 2.53. The zero-order valence-electron chi connectivity index (χ0n) is 13.8. The average molecular weight is 344 g/mol. The third-order valence-electron chi connectivity index (χ3n) is 3.75. The molecule has 0 radical (unpaired) electrons. The van der Waals surface area contributed by atoms with E-state index in [-0.39, 0.29) is 23.6 Å². The summed E-state index contributed by atoms with van der Waals surface area (Å²) in [4.78, 5) is 14.0. The molecule has 0 saturated carbocycles. The van der Waals surface area contributed by atoms with Crippen LogP contribution in [0.15, 0.2) is 18.2 Å². The van der Waals surface area contributed by atoms with E-state index in [2.05, 4.69) is 10.1 Å². The molecule has 2 rings (SSSR count). The Morgan fingerprint density at radius 2 is 2.25 bits per heavy atom. The molecule has 0 unspecified atom stereocenters. The second kappa shape index (κ2) is 8.68. The molecule has 1 aliphatic heterocycles. The number of carbonyl (C=O) groups excluding carboxylic acids is 1. The van der Waals surface area contributed by atoms with Crippen molar-refractivity contribution in [1.29, 1.82) is 0 Å². The van der Waals surface area contributed by atoms with Gasteiger partial charge in [0.2, 0.25) is 0 Å². The summed E-state index contributed by atoms with van der Waals surface area (Å²) >= 11 is 0. The van der Waals surface area contributed by atoms with Crippen LogP contribution in [0.3, 0.4) is 0 Å². The molecule has 0 aromatic heterocycles. The molecule has 1 aliphatic rings. The van der Waals surface area contributed by atoms with Crippen molar-refractivity contribution in [2.24, 2.45) is 0 Å². The van der Waals surface area contributed by atoms with Crippen LogP contribution in [-0.2, 0) is 4.74 Å². The summed E-state index contributed by atoms with van der Waals surface area (Å²) in [6.07, 6.45) is 1.97. The van der Waals surface area contributed by atoms with E-state index >= 15 is 0 Å². The first-order chi connectivity index (χ1) is 11.5. The summed E-state index contributed by atoms with van der Waals surface area (Å²) in [6, 6.07) is 4.02. The highest BCUT2D eigenvalue weighted by Crippen LogP contribution is 2.31. The van der Waals surface area contributed by atoms with Crippen LogP contribution >= 0.6 is 0 Å². The molecular formula is C16H22F2N2O4. The van der Waals surface area contributed by atoms with Gasteiger partial charge >= 0.3 is 12.6 Å². The highest BCUT2D eigenvalue weighted by Gasteiger charge is 2.22. The minimum atomic E-state index is -2.98. The van der Waals surface area contributed by atoms with Gasteiger partial charge < -0.3 is 24.4 Å². The van der Waals surface area contributed by atoms with E-state index in [9.17, 15) is 13.6 Å². The lowest BCUT2D eigenvalue weighted by Gasteiger charge is -2.24. The van der Waals surface area contributed by atoms with E-state index in [0.717, 1.165) is 19.4 Å². The van der Waals surface area contributed by atoms with Gasteiger partial charge in [0.05, 0.1) is 13.2 Å². The van der Waals surface area contributed by atoms with Gasteiger partial charge in [-0.3, -0.25) is 0 Å². The lowest BCUT2D eigenvalue weighted by atomic mass is 10.2. The third kappa shape index (κ3) is 4.95. The number of nitrogens with one attached hydrogen (secondary N) is 1. The molecule has 1 atom stereocenters. The van der Waals surface area contributed by atoms with Gasteiger partial charge in [-0.05, 0) is 31.9 Å². The van der Waals surface area contributed by atoms with Gasteiger partial charge in [0, 0.05) is 31.5 Å². The van der Waals surface area contributed by atoms with Gasteiger partial charge in [-0.1, -0.05) is 0 Å². The number of rotatable bonds is 7. The van der Waals surface area contributed by atoms with Gasteiger partial charge in [-0.15, -0.1) is 0 Å². The fourth-order valence-corrected chi connectivity index (χ4v) is 2.53. The molecular weight excluding hydrogens is 322 g/mol. The standard InChI is InChI=1S/C16H22F2N2O4/c1-3-20(10-12-5-4-8-23-12)16(21)19-11-6-7-13(22-2)14(9-11)24-15(17)18/h6-7,9,12,15H,3-5,8,10H2,1-2H3,(H,19,21)/t12-/m1/s1. The highest BCUT2D eigenvalue weighted by molar-refractivity contribution is 5.89. The van der Waals surface area contributed by atoms with E-state index in [1.54, 1.807) is 11.0 Å². The van der Waals surface area contributed by atoms with Crippen molar-refractivity contribution in [3.8, 4) is 11.5 Å². The molecule has 8 heteroatoms. The second-order valence-electron chi connectivity index (χ2n) is 5.35. The Balaban J connectivity index is 2.03. The smallest absolute Gasteiger partial charge is 0.387 e. The van der Waals surface area contributed by atoms with Crippen molar-refractivity contribution in [3.05, 3.63) is 18.2 Å². The molecule has 0 aliphatic carbocycles. The van der Waals surface area contributed by atoms with Crippen LogP contribution in [0.25, 0.3) is 0 Å². The molecule has 1 fully saturated rings. The zero-order chi connectivity index (χ0) is 17.5. The SMILES string of the molecule is CCN(C[C@H]1CCCO1)C(=O)Nc1ccc(OC)c(OC(F)F)c1. The molecule has 1 aromatic rings. The summed E-state index contributed by atoms with van der Waals surface area (Å²) < 4.78 is 39.8. The minimum Gasteiger partial charge on any atom is -0.493 e. The Morgan fingerprint density at radius 3 is 2.83 bits per heavy atom. The number of urea groups is 1. The van der Waals surface area contributed by atoms with Gasteiger partial charge in [0.1, 0.15) is 0 Å². The summed E-state index contributed by atoms with van der Waals surface area (Å²) in [7, 11) is 1.35. The number of carbonyl (C=O) groups is 1. The van der Waals surface area contributed by atoms with E-state index < -0.39 is 6.61 Å². The number of likely N-dealkylation sites (N-methyl/N-ethyl adjacent to an activating group) is 1. The fraction of sp³-hybridized carbons (Fsp3) is 0.562. The van der Waals surface area contributed by atoms with Crippen molar-refractivity contribution in [1.82, 2.24) is 4.90 Å². The molecule has 0 spiro atoms. The maximum absolute atomic E-state index is 12.5. The Kier molecular flexibility index (Phi) is 6.60. The number of ether oxygens (including phenoxy) is 3. The topological polar surface area (TPSA) is 60.0 Å². The normalized spacial score (nSPS) is 17.0. The Hall–Kier alpha value is -2.09. The molecule has 2 amide bonds. The predicted octanol–water partition coefficient (Wildman–Crippen LogP) is 3.33. The van der Waals surface area contributed by atoms with Crippen LogP contribution in [0, 0.1) is 0 Å². The first-order valence-electron chi connectivity index (χ1n) is 7.83. The molecule has 1 N–H and O–H groups in total. The van der Waals surface area contributed by atoms with Crippen LogP contribution in [0.5, 0.6) is 11.5 Å². The minimum absolute atomic E-state index is 0.0456. The lowest BCUT2D eigenvalue weighted by molar-refractivity contribution is -0.0511. The quantitative estimate of drug-likeness (QED) is 0.824. The van der Waals surface area contributed by atoms with Crippen LogP contribution in [0.1, 0.15) is 19.8 Å². The zero-order valence-corrected chi connectivity index (χ0v) is 13.8. The number of methoxy groups -OCH3 is 1. The van der Waals surface area contributed by atoms with Crippen molar-refractivity contribution < 1.29 is 27.8 Å². The highest BCUT2D eigenvalue weighted by atomic mass is 19.3. The van der Waals surface area contributed by atoms with Crippen LogP contribution < -0.4 is 14.8 Å². The lowest BCUT2D eigenvalue weighted by Crippen LogP contribution is -2.39.